The highest BCUT2D eigenvalue weighted by Gasteiger charge is 2.04. The zero-order valence-corrected chi connectivity index (χ0v) is 6.73. The fraction of sp³-hybridized carbons (Fsp3) is 0. The van der Waals surface area contributed by atoms with Crippen LogP contribution >= 0.6 is 0 Å². The van der Waals surface area contributed by atoms with E-state index in [4.69, 9.17) is 8.83 Å². The monoisotopic (exact) mass is 172 g/mol. The molecule has 62 valence electrons. The highest BCUT2D eigenvalue weighted by atomic mass is 16.3. The zero-order valence-electron chi connectivity index (χ0n) is 6.73. The molecule has 3 nitrogen and oxygen atoms in total. The molecule has 3 rings (SSSR count). The molecule has 1 aromatic carbocycles. The van der Waals surface area contributed by atoms with Crippen LogP contribution in [-0.4, -0.2) is 4.98 Å². The van der Waals surface area contributed by atoms with Crippen LogP contribution in [-0.2, 0) is 0 Å². The van der Waals surface area contributed by atoms with Crippen LogP contribution in [0.1, 0.15) is 0 Å². The molecule has 3 aromatic rings. The highest BCUT2D eigenvalue weighted by Crippen LogP contribution is 2.21. The van der Waals surface area contributed by atoms with Gasteiger partial charge >= 0.3 is 12.5 Å². The number of fused-ring (bicyclic) bond motifs is 2. The van der Waals surface area contributed by atoms with E-state index < -0.39 is 0 Å². The van der Waals surface area contributed by atoms with Gasteiger partial charge in [-0.25, -0.2) is 9.40 Å². The normalized spacial score (nSPS) is 11.1. The van der Waals surface area contributed by atoms with Crippen molar-refractivity contribution in [3.63, 3.8) is 0 Å². The maximum atomic E-state index is 5.17. The van der Waals surface area contributed by atoms with Crippen molar-refractivity contribution in [3.05, 3.63) is 37.1 Å². The van der Waals surface area contributed by atoms with Gasteiger partial charge in [-0.3, -0.25) is 0 Å². The summed E-state index contributed by atoms with van der Waals surface area (Å²) in [5, 5.41) is 2.12. The van der Waals surface area contributed by atoms with Crippen LogP contribution in [0.4, 0.5) is 0 Å². The van der Waals surface area contributed by atoms with Crippen LogP contribution < -0.4 is 0 Å². The first-order valence-corrected chi connectivity index (χ1v) is 3.96. The average molecular weight is 172 g/mol. The maximum Gasteiger partial charge on any atom is 0.325 e. The Hall–Kier alpha value is -1.90. The van der Waals surface area contributed by atoms with Gasteiger partial charge in [0.25, 0.3) is 0 Å². The molecule has 2 heterocycles. The number of benzene rings is 1. The second-order valence-electron chi connectivity index (χ2n) is 2.86. The van der Waals surface area contributed by atoms with Crippen molar-refractivity contribution >= 4 is 21.9 Å². The molecule has 0 spiro atoms. The number of nitrogens with zero attached hydrogens (tertiary/aromatic N) is 1. The molecule has 0 aliphatic carbocycles. The molecule has 3 heteroatoms. The number of aromatic nitrogens is 1. The van der Waals surface area contributed by atoms with Gasteiger partial charge in [-0.1, -0.05) is 0 Å². The minimum Gasteiger partial charge on any atom is -0.443 e. The van der Waals surface area contributed by atoms with Crippen molar-refractivity contribution in [1.29, 1.82) is 0 Å². The molecular formula is C10H6NO2+. The molecule has 0 N–H and O–H groups in total. The summed E-state index contributed by atoms with van der Waals surface area (Å²) in [4.78, 5) is 4.07. The Balaban J connectivity index is 2.57. The summed E-state index contributed by atoms with van der Waals surface area (Å²) in [5.74, 6) is 0. The smallest absolute Gasteiger partial charge is 0.325 e. The van der Waals surface area contributed by atoms with Gasteiger partial charge in [0, 0.05) is 11.5 Å². The molecule has 0 radical (unpaired) electrons. The van der Waals surface area contributed by atoms with E-state index in [2.05, 4.69) is 4.98 Å². The van der Waals surface area contributed by atoms with Gasteiger partial charge in [-0.2, -0.15) is 0 Å². The van der Waals surface area contributed by atoms with Crippen molar-refractivity contribution < 1.29 is 8.83 Å². The van der Waals surface area contributed by atoms with Gasteiger partial charge in [0.2, 0.25) is 0 Å². The third-order valence-corrected chi connectivity index (χ3v) is 2.06. The number of oxazole rings is 1. The van der Waals surface area contributed by atoms with E-state index in [0.29, 0.717) is 0 Å². The maximum absolute atomic E-state index is 5.17. The largest absolute Gasteiger partial charge is 0.443 e. The SMILES string of the molecule is c1nc2cc3cc[o+]cc3cc2o1. The molecule has 0 amide bonds. The first-order chi connectivity index (χ1) is 6.43. The van der Waals surface area contributed by atoms with Crippen LogP contribution in [0.5, 0.6) is 0 Å². The highest BCUT2D eigenvalue weighted by molar-refractivity contribution is 5.93. The van der Waals surface area contributed by atoms with Gasteiger partial charge in [0.15, 0.2) is 12.0 Å². The minimum absolute atomic E-state index is 0.786. The Kier molecular flexibility index (Phi) is 1.16. The van der Waals surface area contributed by atoms with Gasteiger partial charge in [-0.05, 0) is 12.1 Å². The van der Waals surface area contributed by atoms with Crippen molar-refractivity contribution in [3.8, 4) is 0 Å². The van der Waals surface area contributed by atoms with Gasteiger partial charge in [0.05, 0.1) is 5.39 Å². The van der Waals surface area contributed by atoms with Crippen molar-refractivity contribution in [1.82, 2.24) is 4.98 Å². The number of rotatable bonds is 0. The quantitative estimate of drug-likeness (QED) is 0.489. The van der Waals surface area contributed by atoms with Gasteiger partial charge in [0.1, 0.15) is 5.52 Å². The van der Waals surface area contributed by atoms with E-state index >= 15 is 0 Å². The molecular weight excluding hydrogens is 166 g/mol. The average Bonchev–Trinajstić information content (AvgIpc) is 2.61. The summed E-state index contributed by atoms with van der Waals surface area (Å²) in [6, 6.07) is 5.80. The van der Waals surface area contributed by atoms with E-state index in [1.165, 1.54) is 6.39 Å². The topological polar surface area (TPSA) is 37.3 Å². The van der Waals surface area contributed by atoms with Crippen LogP contribution in [0.15, 0.2) is 46.0 Å². The molecule has 0 saturated carbocycles. The second kappa shape index (κ2) is 2.29. The van der Waals surface area contributed by atoms with Crippen LogP contribution in [0.25, 0.3) is 21.9 Å². The van der Waals surface area contributed by atoms with Crippen molar-refractivity contribution in [2.75, 3.05) is 0 Å². The third-order valence-electron chi connectivity index (χ3n) is 2.06. The van der Waals surface area contributed by atoms with Gasteiger partial charge in [-0.15, -0.1) is 0 Å². The van der Waals surface area contributed by atoms with Crippen molar-refractivity contribution in [2.45, 2.75) is 0 Å². The molecule has 0 atom stereocenters. The summed E-state index contributed by atoms with van der Waals surface area (Å²) in [7, 11) is 0. The lowest BCUT2D eigenvalue weighted by molar-refractivity contribution is 0.557. The summed E-state index contributed by atoms with van der Waals surface area (Å²) in [6.45, 7) is 0. The standard InChI is InChI=1S/C10H6NO2/c1-2-12-5-8-4-10-9(3-7(1)8)11-6-13-10/h1-6H/q+1. The lowest BCUT2D eigenvalue weighted by Gasteiger charge is -1.89. The fourth-order valence-corrected chi connectivity index (χ4v) is 1.41. The molecule has 0 bridgehead atoms. The van der Waals surface area contributed by atoms with E-state index in [-0.39, 0.29) is 0 Å². The molecule has 13 heavy (non-hydrogen) atoms. The van der Waals surface area contributed by atoms with E-state index in [1.807, 2.05) is 18.2 Å². The predicted molar refractivity (Wildman–Crippen MR) is 48.2 cm³/mol. The van der Waals surface area contributed by atoms with Crippen LogP contribution in [0, 0.1) is 0 Å². The van der Waals surface area contributed by atoms with E-state index in [9.17, 15) is 0 Å². The lowest BCUT2D eigenvalue weighted by atomic mass is 10.2. The van der Waals surface area contributed by atoms with Crippen LogP contribution in [0.3, 0.4) is 0 Å². The van der Waals surface area contributed by atoms with E-state index in [1.54, 1.807) is 12.5 Å². The lowest BCUT2D eigenvalue weighted by Crippen LogP contribution is -1.72. The fourth-order valence-electron chi connectivity index (χ4n) is 1.41. The third kappa shape index (κ3) is 0.902. The molecule has 0 aliphatic rings. The molecule has 0 fully saturated rings. The first kappa shape index (κ1) is 6.60. The van der Waals surface area contributed by atoms with E-state index in [0.717, 1.165) is 21.9 Å². The van der Waals surface area contributed by atoms with Crippen molar-refractivity contribution in [2.24, 2.45) is 0 Å². The molecule has 0 unspecified atom stereocenters. The first-order valence-electron chi connectivity index (χ1n) is 3.96. The Morgan fingerprint density at radius 1 is 1.23 bits per heavy atom. The molecule has 0 saturated heterocycles. The summed E-state index contributed by atoms with van der Waals surface area (Å²) >= 11 is 0. The number of hydrogen-bond donors (Lipinski definition) is 0. The summed E-state index contributed by atoms with van der Waals surface area (Å²) in [6.07, 6.45) is 4.78. The van der Waals surface area contributed by atoms with Gasteiger partial charge < -0.3 is 4.42 Å². The Labute approximate surface area is 73.6 Å². The molecule has 0 aliphatic heterocycles. The number of hydrogen-bond acceptors (Lipinski definition) is 2. The Morgan fingerprint density at radius 3 is 3.23 bits per heavy atom. The molecule has 2 aromatic heterocycles. The second-order valence-corrected chi connectivity index (χ2v) is 2.86. The predicted octanol–water partition coefficient (Wildman–Crippen LogP) is 2.86. The summed E-state index contributed by atoms with van der Waals surface area (Å²) in [5.41, 5.74) is 1.66. The zero-order chi connectivity index (χ0) is 8.67. The summed E-state index contributed by atoms with van der Waals surface area (Å²) < 4.78 is 10.2. The Bertz CT molecular complexity index is 521. The van der Waals surface area contributed by atoms with Crippen LogP contribution in [0.2, 0.25) is 0 Å². The minimum atomic E-state index is 0.786. The Morgan fingerprint density at radius 2 is 2.23 bits per heavy atom.